The van der Waals surface area contributed by atoms with Gasteiger partial charge in [-0.25, -0.2) is 5.43 Å². The Labute approximate surface area is 153 Å². The second kappa shape index (κ2) is 6.94. The molecule has 0 bridgehead atoms. The number of nitrogens with one attached hydrogen (secondary N) is 2. The fourth-order valence-electron chi connectivity index (χ4n) is 3.45. The van der Waals surface area contributed by atoms with E-state index in [1.54, 1.807) is 25.1 Å². The average molecular weight is 354 g/mol. The van der Waals surface area contributed by atoms with E-state index in [-0.39, 0.29) is 17.1 Å². The first-order valence-electron chi connectivity index (χ1n) is 8.96. The Kier molecular flexibility index (Phi) is 4.85. The molecule has 0 aliphatic heterocycles. The molecule has 6 nitrogen and oxygen atoms in total. The molecule has 1 atom stereocenters. The first-order valence-corrected chi connectivity index (χ1v) is 8.96. The number of aromatic amines is 1. The van der Waals surface area contributed by atoms with E-state index in [1.807, 2.05) is 6.07 Å². The highest BCUT2D eigenvalue weighted by Crippen LogP contribution is 2.37. The van der Waals surface area contributed by atoms with E-state index in [4.69, 9.17) is 0 Å². The Hall–Kier alpha value is -2.63. The van der Waals surface area contributed by atoms with Gasteiger partial charge in [-0.1, -0.05) is 32.9 Å². The van der Waals surface area contributed by atoms with Gasteiger partial charge in [-0.05, 0) is 49.7 Å². The molecule has 3 rings (SSSR count). The molecule has 0 spiro atoms. The van der Waals surface area contributed by atoms with Crippen LogP contribution >= 0.6 is 0 Å². The minimum Gasteiger partial charge on any atom is -0.507 e. The fraction of sp³-hybridized carbons (Fsp3) is 0.450. The zero-order valence-electron chi connectivity index (χ0n) is 15.8. The molecular formula is C20H26N4O2. The molecule has 0 saturated heterocycles. The zero-order chi connectivity index (χ0) is 18.9. The van der Waals surface area contributed by atoms with Gasteiger partial charge in [0.2, 0.25) is 0 Å². The summed E-state index contributed by atoms with van der Waals surface area (Å²) in [4.78, 5) is 12.6. The lowest BCUT2D eigenvalue weighted by atomic mass is 9.71. The quantitative estimate of drug-likeness (QED) is 0.583. The molecule has 1 aliphatic rings. The van der Waals surface area contributed by atoms with Crippen LogP contribution in [-0.2, 0) is 12.8 Å². The van der Waals surface area contributed by atoms with E-state index < -0.39 is 0 Å². The van der Waals surface area contributed by atoms with Gasteiger partial charge in [-0.2, -0.15) is 10.2 Å². The van der Waals surface area contributed by atoms with Crippen molar-refractivity contribution in [1.82, 2.24) is 15.6 Å². The molecule has 1 aromatic carbocycles. The molecule has 1 heterocycles. The molecule has 3 N–H and O–H groups in total. The Morgan fingerprint density at radius 1 is 1.35 bits per heavy atom. The highest BCUT2D eigenvalue weighted by Gasteiger charge is 2.32. The van der Waals surface area contributed by atoms with Crippen LogP contribution in [0, 0.1) is 11.3 Å². The molecule has 138 valence electrons. The van der Waals surface area contributed by atoms with Crippen LogP contribution in [0.15, 0.2) is 29.4 Å². The third kappa shape index (κ3) is 3.64. The van der Waals surface area contributed by atoms with Crippen molar-refractivity contribution in [3.63, 3.8) is 0 Å². The number of carbonyl (C=O) groups is 1. The second-order valence-electron chi connectivity index (χ2n) is 7.99. The molecule has 0 radical (unpaired) electrons. The van der Waals surface area contributed by atoms with Crippen LogP contribution in [0.25, 0.3) is 0 Å². The molecule has 0 fully saturated rings. The summed E-state index contributed by atoms with van der Waals surface area (Å²) in [6, 6.07) is 6.90. The number of amides is 1. The molecule has 0 saturated carbocycles. The van der Waals surface area contributed by atoms with Crippen molar-refractivity contribution >= 4 is 11.6 Å². The number of aryl methyl sites for hydroxylation is 1. The van der Waals surface area contributed by atoms with Crippen molar-refractivity contribution in [1.29, 1.82) is 0 Å². The van der Waals surface area contributed by atoms with Gasteiger partial charge in [-0.3, -0.25) is 9.89 Å². The zero-order valence-corrected chi connectivity index (χ0v) is 15.8. The maximum atomic E-state index is 12.6. The second-order valence-corrected chi connectivity index (χ2v) is 7.99. The van der Waals surface area contributed by atoms with Crippen molar-refractivity contribution in [2.45, 2.75) is 47.0 Å². The molecule has 26 heavy (non-hydrogen) atoms. The van der Waals surface area contributed by atoms with Crippen LogP contribution in [0.2, 0.25) is 0 Å². The van der Waals surface area contributed by atoms with Crippen molar-refractivity contribution in [3.8, 4) is 5.75 Å². The maximum absolute atomic E-state index is 12.6. The van der Waals surface area contributed by atoms with Crippen LogP contribution in [0.1, 0.15) is 61.4 Å². The lowest BCUT2D eigenvalue weighted by molar-refractivity contribution is 0.0947. The van der Waals surface area contributed by atoms with Gasteiger partial charge in [0.15, 0.2) is 5.69 Å². The van der Waals surface area contributed by atoms with Gasteiger partial charge in [0.1, 0.15) is 5.75 Å². The number of phenols is 1. The summed E-state index contributed by atoms with van der Waals surface area (Å²) in [5, 5.41) is 21.2. The Morgan fingerprint density at radius 2 is 2.08 bits per heavy atom. The van der Waals surface area contributed by atoms with E-state index in [0.29, 0.717) is 22.9 Å². The van der Waals surface area contributed by atoms with E-state index in [1.165, 1.54) is 0 Å². The van der Waals surface area contributed by atoms with Gasteiger partial charge in [0, 0.05) is 16.8 Å². The number of para-hydroxylation sites is 1. The molecule has 2 aromatic rings. The lowest BCUT2D eigenvalue weighted by Gasteiger charge is -2.33. The number of aromatic hydroxyl groups is 1. The predicted octanol–water partition coefficient (Wildman–Crippen LogP) is 3.42. The highest BCUT2D eigenvalue weighted by molar-refractivity contribution is 6.02. The average Bonchev–Trinajstić information content (AvgIpc) is 3.02. The van der Waals surface area contributed by atoms with Crippen LogP contribution < -0.4 is 5.43 Å². The van der Waals surface area contributed by atoms with E-state index >= 15 is 0 Å². The Morgan fingerprint density at radius 3 is 2.77 bits per heavy atom. The number of hydrazone groups is 1. The number of benzene rings is 1. The number of carbonyl (C=O) groups excluding carboxylic acids is 1. The summed E-state index contributed by atoms with van der Waals surface area (Å²) in [5.41, 5.74) is 6.37. The minimum atomic E-state index is -0.327. The van der Waals surface area contributed by atoms with Gasteiger partial charge in [0.05, 0.1) is 5.71 Å². The van der Waals surface area contributed by atoms with Crippen LogP contribution in [-0.4, -0.2) is 26.9 Å². The SMILES string of the molecule is C/C(=N/NC(=O)c1n[nH]c2c1C[C@H](C(C)(C)C)CC2)c1ccccc1O. The number of hydrogen-bond acceptors (Lipinski definition) is 4. The van der Waals surface area contributed by atoms with E-state index in [2.05, 4.69) is 41.5 Å². The number of hydrogen-bond donors (Lipinski definition) is 3. The fourth-order valence-corrected chi connectivity index (χ4v) is 3.45. The number of H-pyrrole nitrogens is 1. The summed E-state index contributed by atoms with van der Waals surface area (Å²) < 4.78 is 0. The topological polar surface area (TPSA) is 90.4 Å². The third-order valence-corrected chi connectivity index (χ3v) is 5.20. The molecule has 1 aromatic heterocycles. The first-order chi connectivity index (χ1) is 12.3. The normalized spacial score (nSPS) is 17.7. The van der Waals surface area contributed by atoms with Crippen LogP contribution in [0.4, 0.5) is 0 Å². The molecular weight excluding hydrogens is 328 g/mol. The van der Waals surface area contributed by atoms with Crippen molar-refractivity contribution in [3.05, 3.63) is 46.8 Å². The van der Waals surface area contributed by atoms with E-state index in [9.17, 15) is 9.90 Å². The number of phenolic OH excluding ortho intramolecular Hbond substituents is 1. The summed E-state index contributed by atoms with van der Waals surface area (Å²) in [6.07, 6.45) is 2.86. The molecule has 1 aliphatic carbocycles. The summed E-state index contributed by atoms with van der Waals surface area (Å²) in [6.45, 7) is 8.46. The van der Waals surface area contributed by atoms with Crippen LogP contribution in [0.3, 0.4) is 0 Å². The van der Waals surface area contributed by atoms with Gasteiger partial charge < -0.3 is 5.11 Å². The minimum absolute atomic E-state index is 0.133. The van der Waals surface area contributed by atoms with Crippen molar-refractivity contribution in [2.24, 2.45) is 16.4 Å². The van der Waals surface area contributed by atoms with Gasteiger partial charge >= 0.3 is 0 Å². The molecule has 1 amide bonds. The van der Waals surface area contributed by atoms with Crippen molar-refractivity contribution < 1.29 is 9.90 Å². The van der Waals surface area contributed by atoms with Crippen LogP contribution in [0.5, 0.6) is 5.75 Å². The Balaban J connectivity index is 1.77. The number of nitrogens with zero attached hydrogens (tertiary/aromatic N) is 2. The largest absolute Gasteiger partial charge is 0.507 e. The summed E-state index contributed by atoms with van der Waals surface area (Å²) in [7, 11) is 0. The highest BCUT2D eigenvalue weighted by atomic mass is 16.3. The summed E-state index contributed by atoms with van der Waals surface area (Å²) in [5.74, 6) is 0.325. The predicted molar refractivity (Wildman–Crippen MR) is 101 cm³/mol. The molecule has 6 heteroatoms. The first kappa shape index (κ1) is 18.2. The number of aromatic nitrogens is 2. The summed E-state index contributed by atoms with van der Waals surface area (Å²) >= 11 is 0. The smallest absolute Gasteiger partial charge is 0.292 e. The maximum Gasteiger partial charge on any atom is 0.292 e. The number of rotatable bonds is 3. The van der Waals surface area contributed by atoms with E-state index in [0.717, 1.165) is 30.5 Å². The molecule has 0 unspecified atom stereocenters. The number of fused-ring (bicyclic) bond motifs is 1. The lowest BCUT2D eigenvalue weighted by Crippen LogP contribution is -2.28. The monoisotopic (exact) mass is 354 g/mol. The standard InChI is InChI=1S/C20H26N4O2/c1-12(14-7-5-6-8-17(14)25)21-24-19(26)18-15-11-13(20(2,3)4)9-10-16(15)22-23-18/h5-8,13,25H,9-11H2,1-4H3,(H,22,23)(H,24,26)/b21-12-/t13-/m1/s1. The van der Waals surface area contributed by atoms with Crippen molar-refractivity contribution in [2.75, 3.05) is 0 Å². The van der Waals surface area contributed by atoms with Gasteiger partial charge in [0.25, 0.3) is 5.91 Å². The third-order valence-electron chi connectivity index (χ3n) is 5.20. The Bertz CT molecular complexity index is 846. The van der Waals surface area contributed by atoms with Gasteiger partial charge in [-0.15, -0.1) is 0 Å².